The third-order valence-corrected chi connectivity index (χ3v) is 4.21. The highest BCUT2D eigenvalue weighted by Gasteiger charge is 2.16. The summed E-state index contributed by atoms with van der Waals surface area (Å²) in [7, 11) is 3.10. The number of hydrogen-bond donors (Lipinski definition) is 1. The van der Waals surface area contributed by atoms with Crippen LogP contribution in [0.2, 0.25) is 0 Å². The standard InChI is InChI=1S/C20H20N4O6/c1-28-17-9-5-6-14(20(17)29-2)12-23-18(10-11-21-23)22-19(25)13-30-16-8-4-3-7-15(16)24(26)27/h3-11H,12-13H2,1-2H3,(H,22,25). The minimum absolute atomic E-state index is 0.0206. The van der Waals surface area contributed by atoms with Gasteiger partial charge in [-0.15, -0.1) is 0 Å². The number of nitro benzene ring substituents is 1. The normalized spacial score (nSPS) is 10.3. The van der Waals surface area contributed by atoms with Crippen LogP contribution in [-0.4, -0.2) is 41.4 Å². The van der Waals surface area contributed by atoms with E-state index in [0.717, 1.165) is 5.56 Å². The van der Waals surface area contributed by atoms with E-state index in [1.807, 2.05) is 12.1 Å². The molecule has 2 aromatic carbocycles. The van der Waals surface area contributed by atoms with Crippen LogP contribution >= 0.6 is 0 Å². The first-order valence-corrected chi connectivity index (χ1v) is 8.91. The lowest BCUT2D eigenvalue weighted by Gasteiger charge is -2.14. The highest BCUT2D eigenvalue weighted by atomic mass is 16.6. The summed E-state index contributed by atoms with van der Waals surface area (Å²) in [6, 6.07) is 13.0. The maximum Gasteiger partial charge on any atom is 0.310 e. The molecular weight excluding hydrogens is 392 g/mol. The molecule has 0 spiro atoms. The zero-order valence-electron chi connectivity index (χ0n) is 16.4. The monoisotopic (exact) mass is 412 g/mol. The summed E-state index contributed by atoms with van der Waals surface area (Å²) in [6.45, 7) is -0.0630. The van der Waals surface area contributed by atoms with Gasteiger partial charge in [0.05, 0.1) is 31.9 Å². The molecular formula is C20H20N4O6. The first-order chi connectivity index (χ1) is 14.5. The van der Waals surface area contributed by atoms with Crippen molar-refractivity contribution in [1.82, 2.24) is 9.78 Å². The smallest absolute Gasteiger partial charge is 0.310 e. The number of hydrogen-bond acceptors (Lipinski definition) is 7. The van der Waals surface area contributed by atoms with Crippen LogP contribution in [-0.2, 0) is 11.3 Å². The summed E-state index contributed by atoms with van der Waals surface area (Å²) in [4.78, 5) is 22.8. The molecule has 0 aliphatic rings. The molecule has 3 aromatic rings. The lowest BCUT2D eigenvalue weighted by Crippen LogP contribution is -2.22. The van der Waals surface area contributed by atoms with Crippen molar-refractivity contribution in [1.29, 1.82) is 0 Å². The molecule has 1 amide bonds. The van der Waals surface area contributed by atoms with E-state index in [1.165, 1.54) is 18.2 Å². The second kappa shape index (κ2) is 9.41. The molecule has 1 aromatic heterocycles. The van der Waals surface area contributed by atoms with E-state index < -0.39 is 17.4 Å². The number of methoxy groups -OCH3 is 2. The molecule has 1 N–H and O–H groups in total. The topological polar surface area (TPSA) is 118 Å². The van der Waals surface area contributed by atoms with Crippen LogP contribution in [0.4, 0.5) is 11.5 Å². The van der Waals surface area contributed by atoms with Gasteiger partial charge in [-0.25, -0.2) is 4.68 Å². The molecule has 156 valence electrons. The quantitative estimate of drug-likeness (QED) is 0.424. The summed E-state index contributed by atoms with van der Waals surface area (Å²) in [6.07, 6.45) is 1.55. The highest BCUT2D eigenvalue weighted by molar-refractivity contribution is 5.91. The Bertz CT molecular complexity index is 1050. The second-order valence-corrected chi connectivity index (χ2v) is 6.09. The Morgan fingerprint density at radius 2 is 1.87 bits per heavy atom. The number of ether oxygens (including phenoxy) is 3. The fourth-order valence-electron chi connectivity index (χ4n) is 2.86. The zero-order chi connectivity index (χ0) is 21.5. The number of amides is 1. The van der Waals surface area contributed by atoms with Crippen LogP contribution in [0.5, 0.6) is 17.2 Å². The van der Waals surface area contributed by atoms with Crippen LogP contribution < -0.4 is 19.5 Å². The molecule has 10 heteroatoms. The minimum atomic E-state index is -0.566. The zero-order valence-corrected chi connectivity index (χ0v) is 16.4. The fraction of sp³-hybridized carbons (Fsp3) is 0.200. The van der Waals surface area contributed by atoms with Crippen molar-refractivity contribution in [2.45, 2.75) is 6.54 Å². The summed E-state index contributed by atoms with van der Waals surface area (Å²) < 4.78 is 17.6. The van der Waals surface area contributed by atoms with Gasteiger partial charge in [-0.3, -0.25) is 14.9 Å². The molecule has 0 aliphatic heterocycles. The van der Waals surface area contributed by atoms with Crippen molar-refractivity contribution < 1.29 is 23.9 Å². The predicted octanol–water partition coefficient (Wildman–Crippen LogP) is 2.87. The number of aromatic nitrogens is 2. The molecule has 0 bridgehead atoms. The SMILES string of the molecule is COc1cccc(Cn2nccc2NC(=O)COc2ccccc2[N+](=O)[O-])c1OC. The van der Waals surface area contributed by atoms with Crippen LogP contribution in [0.1, 0.15) is 5.56 Å². The molecule has 0 radical (unpaired) electrons. The Morgan fingerprint density at radius 3 is 2.60 bits per heavy atom. The average molecular weight is 412 g/mol. The lowest BCUT2D eigenvalue weighted by atomic mass is 10.2. The number of nitrogens with zero attached hydrogens (tertiary/aromatic N) is 3. The Labute approximate surface area is 172 Å². The minimum Gasteiger partial charge on any atom is -0.493 e. The number of rotatable bonds is 9. The molecule has 10 nitrogen and oxygen atoms in total. The van der Waals surface area contributed by atoms with Gasteiger partial charge in [0.2, 0.25) is 0 Å². The average Bonchev–Trinajstić information content (AvgIpc) is 3.18. The highest BCUT2D eigenvalue weighted by Crippen LogP contribution is 2.31. The molecule has 0 atom stereocenters. The Morgan fingerprint density at radius 1 is 1.10 bits per heavy atom. The van der Waals surface area contributed by atoms with Crippen molar-refractivity contribution in [3.8, 4) is 17.2 Å². The van der Waals surface area contributed by atoms with Gasteiger partial charge in [0.1, 0.15) is 5.82 Å². The van der Waals surface area contributed by atoms with Crippen LogP contribution in [0.3, 0.4) is 0 Å². The molecule has 0 unspecified atom stereocenters. The molecule has 0 aliphatic carbocycles. The number of carbonyl (C=O) groups excluding carboxylic acids is 1. The third kappa shape index (κ3) is 4.66. The second-order valence-electron chi connectivity index (χ2n) is 6.09. The van der Waals surface area contributed by atoms with Crippen LogP contribution in [0.15, 0.2) is 54.7 Å². The largest absolute Gasteiger partial charge is 0.493 e. The number of nitrogens with one attached hydrogen (secondary N) is 1. The number of carbonyl (C=O) groups is 1. The molecule has 0 saturated heterocycles. The van der Waals surface area contributed by atoms with Crippen molar-refractivity contribution in [2.24, 2.45) is 0 Å². The number of benzene rings is 2. The predicted molar refractivity (Wildman–Crippen MR) is 108 cm³/mol. The molecule has 30 heavy (non-hydrogen) atoms. The van der Waals surface area contributed by atoms with Gasteiger partial charge in [0, 0.05) is 17.7 Å². The molecule has 0 saturated carbocycles. The maximum atomic E-state index is 12.3. The van der Waals surface area contributed by atoms with Gasteiger partial charge >= 0.3 is 5.69 Å². The summed E-state index contributed by atoms with van der Waals surface area (Å²) in [5.74, 6) is 1.15. The van der Waals surface area contributed by atoms with Gasteiger partial charge < -0.3 is 19.5 Å². The Hall–Kier alpha value is -4.08. The number of nitro groups is 1. The van der Waals surface area contributed by atoms with Gasteiger partial charge in [-0.2, -0.15) is 5.10 Å². The van der Waals surface area contributed by atoms with Crippen molar-refractivity contribution in [3.05, 3.63) is 70.4 Å². The Kier molecular flexibility index (Phi) is 6.48. The number of para-hydroxylation sites is 3. The van der Waals surface area contributed by atoms with Gasteiger partial charge in [0.15, 0.2) is 23.9 Å². The lowest BCUT2D eigenvalue weighted by molar-refractivity contribution is -0.385. The van der Waals surface area contributed by atoms with E-state index in [1.54, 1.807) is 43.3 Å². The van der Waals surface area contributed by atoms with Crippen molar-refractivity contribution >= 4 is 17.4 Å². The van der Waals surface area contributed by atoms with E-state index in [-0.39, 0.29) is 11.4 Å². The van der Waals surface area contributed by atoms with E-state index in [2.05, 4.69) is 10.4 Å². The van der Waals surface area contributed by atoms with E-state index >= 15 is 0 Å². The van der Waals surface area contributed by atoms with Crippen molar-refractivity contribution in [3.63, 3.8) is 0 Å². The first-order valence-electron chi connectivity index (χ1n) is 8.91. The van der Waals surface area contributed by atoms with E-state index in [9.17, 15) is 14.9 Å². The van der Waals surface area contributed by atoms with Gasteiger partial charge in [0.25, 0.3) is 5.91 Å². The molecule has 0 fully saturated rings. The van der Waals surface area contributed by atoms with Crippen molar-refractivity contribution in [2.75, 3.05) is 26.1 Å². The maximum absolute atomic E-state index is 12.3. The van der Waals surface area contributed by atoms with Crippen LogP contribution in [0.25, 0.3) is 0 Å². The summed E-state index contributed by atoms with van der Waals surface area (Å²) in [5.41, 5.74) is 0.604. The fourth-order valence-corrected chi connectivity index (χ4v) is 2.86. The summed E-state index contributed by atoms with van der Waals surface area (Å²) >= 11 is 0. The molecule has 1 heterocycles. The van der Waals surface area contributed by atoms with E-state index in [0.29, 0.717) is 23.9 Å². The third-order valence-electron chi connectivity index (χ3n) is 4.21. The van der Waals surface area contributed by atoms with Crippen LogP contribution in [0, 0.1) is 10.1 Å². The summed E-state index contributed by atoms with van der Waals surface area (Å²) in [5, 5.41) is 18.0. The van der Waals surface area contributed by atoms with Gasteiger partial charge in [-0.1, -0.05) is 24.3 Å². The Balaban J connectivity index is 1.68. The first kappa shape index (κ1) is 20.6. The van der Waals surface area contributed by atoms with E-state index in [4.69, 9.17) is 14.2 Å². The number of anilines is 1. The van der Waals surface area contributed by atoms with Gasteiger partial charge in [-0.05, 0) is 12.1 Å². The molecule has 3 rings (SSSR count).